The first kappa shape index (κ1) is 15.6. The van der Waals surface area contributed by atoms with Gasteiger partial charge < -0.3 is 9.88 Å². The van der Waals surface area contributed by atoms with Crippen molar-refractivity contribution < 1.29 is 13.2 Å². The molecule has 0 bridgehead atoms. The van der Waals surface area contributed by atoms with Crippen molar-refractivity contribution in [3.05, 3.63) is 53.6 Å². The van der Waals surface area contributed by atoms with Gasteiger partial charge >= 0.3 is 6.18 Å². The number of halogens is 3. The molecule has 0 unspecified atom stereocenters. The number of nitrogens with zero attached hydrogens (tertiary/aromatic N) is 2. The molecule has 0 atom stereocenters. The zero-order chi connectivity index (χ0) is 15.3. The molecule has 2 rings (SSSR count). The summed E-state index contributed by atoms with van der Waals surface area (Å²) in [6.07, 6.45) is 0.288. The van der Waals surface area contributed by atoms with Crippen molar-refractivity contribution in [2.75, 3.05) is 6.54 Å². The minimum Gasteiger partial charge on any atom is -0.329 e. The van der Waals surface area contributed by atoms with E-state index in [1.807, 2.05) is 10.8 Å². The average Bonchev–Trinajstić information content (AvgIpc) is 2.86. The summed E-state index contributed by atoms with van der Waals surface area (Å²) < 4.78 is 39.5. The van der Waals surface area contributed by atoms with E-state index in [4.69, 9.17) is 0 Å². The molecule has 2 aromatic rings. The number of aromatic nitrogens is 2. The molecule has 0 aliphatic rings. The number of hydrogen-bond donors (Lipinski definition) is 1. The van der Waals surface area contributed by atoms with Crippen molar-refractivity contribution in [1.82, 2.24) is 14.9 Å². The van der Waals surface area contributed by atoms with Crippen LogP contribution in [-0.2, 0) is 19.3 Å². The molecule has 6 heteroatoms. The summed E-state index contributed by atoms with van der Waals surface area (Å²) in [5, 5.41) is 3.26. The molecule has 0 radical (unpaired) electrons. The van der Waals surface area contributed by atoms with Gasteiger partial charge in [0.15, 0.2) is 0 Å². The number of imidazole rings is 1. The lowest BCUT2D eigenvalue weighted by Crippen LogP contribution is -2.18. The summed E-state index contributed by atoms with van der Waals surface area (Å²) in [5.74, 6) is 0.878. The summed E-state index contributed by atoms with van der Waals surface area (Å²) in [5.41, 5.74) is 0.194. The van der Waals surface area contributed by atoms with Gasteiger partial charge in [0, 0.05) is 18.9 Å². The Labute approximate surface area is 121 Å². The molecule has 0 fully saturated rings. The first-order chi connectivity index (χ1) is 10.0. The molecule has 0 aliphatic heterocycles. The van der Waals surface area contributed by atoms with Crippen LogP contribution < -0.4 is 5.32 Å². The predicted molar refractivity (Wildman–Crippen MR) is 74.8 cm³/mol. The van der Waals surface area contributed by atoms with Crippen LogP contribution in [0.3, 0.4) is 0 Å². The third-order valence-electron chi connectivity index (χ3n) is 3.15. The zero-order valence-electron chi connectivity index (χ0n) is 11.8. The summed E-state index contributed by atoms with van der Waals surface area (Å²) in [6.45, 7) is 4.16. The van der Waals surface area contributed by atoms with Gasteiger partial charge in [-0.1, -0.05) is 19.1 Å². The fourth-order valence-electron chi connectivity index (χ4n) is 2.02. The molecule has 1 aromatic carbocycles. The lowest BCUT2D eigenvalue weighted by atomic mass is 10.1. The van der Waals surface area contributed by atoms with Gasteiger partial charge in [0.25, 0.3) is 0 Å². The average molecular weight is 297 g/mol. The van der Waals surface area contributed by atoms with Crippen LogP contribution >= 0.6 is 0 Å². The van der Waals surface area contributed by atoms with Crippen molar-refractivity contribution in [2.24, 2.45) is 0 Å². The largest absolute Gasteiger partial charge is 0.416 e. The summed E-state index contributed by atoms with van der Waals surface area (Å²) in [6, 6.07) is 5.24. The van der Waals surface area contributed by atoms with Crippen LogP contribution in [0.2, 0.25) is 0 Å². The minimum absolute atomic E-state index is 0.515. The summed E-state index contributed by atoms with van der Waals surface area (Å²) in [4.78, 5) is 4.26. The van der Waals surface area contributed by atoms with Gasteiger partial charge in [-0.2, -0.15) is 13.2 Å². The van der Waals surface area contributed by atoms with Gasteiger partial charge in [-0.25, -0.2) is 4.98 Å². The molecule has 0 aliphatic carbocycles. The highest BCUT2D eigenvalue weighted by molar-refractivity contribution is 5.25. The van der Waals surface area contributed by atoms with E-state index in [0.29, 0.717) is 13.1 Å². The highest BCUT2D eigenvalue weighted by Crippen LogP contribution is 2.29. The van der Waals surface area contributed by atoms with E-state index in [-0.39, 0.29) is 0 Å². The minimum atomic E-state index is -4.29. The van der Waals surface area contributed by atoms with E-state index >= 15 is 0 Å². The van der Waals surface area contributed by atoms with Crippen LogP contribution in [0.5, 0.6) is 0 Å². The zero-order valence-corrected chi connectivity index (χ0v) is 11.8. The van der Waals surface area contributed by atoms with Crippen LogP contribution in [0.25, 0.3) is 0 Å². The molecule has 114 valence electrons. The van der Waals surface area contributed by atoms with Crippen LogP contribution in [0.15, 0.2) is 36.7 Å². The summed E-state index contributed by atoms with van der Waals surface area (Å²) >= 11 is 0. The first-order valence-electron chi connectivity index (χ1n) is 6.87. The van der Waals surface area contributed by atoms with Gasteiger partial charge in [-0.15, -0.1) is 0 Å². The van der Waals surface area contributed by atoms with E-state index in [0.717, 1.165) is 36.5 Å². The Morgan fingerprint density at radius 1 is 1.19 bits per heavy atom. The van der Waals surface area contributed by atoms with Crippen molar-refractivity contribution in [3.8, 4) is 0 Å². The smallest absolute Gasteiger partial charge is 0.329 e. The number of benzene rings is 1. The van der Waals surface area contributed by atoms with Crippen LogP contribution in [-0.4, -0.2) is 16.1 Å². The Kier molecular flexibility index (Phi) is 5.01. The second-order valence-corrected chi connectivity index (χ2v) is 4.84. The highest BCUT2D eigenvalue weighted by Gasteiger charge is 2.29. The van der Waals surface area contributed by atoms with E-state index in [1.165, 1.54) is 12.1 Å². The lowest BCUT2D eigenvalue weighted by Gasteiger charge is -2.10. The molecule has 1 aromatic heterocycles. The molecule has 1 heterocycles. The van der Waals surface area contributed by atoms with Gasteiger partial charge in [0.2, 0.25) is 0 Å². The van der Waals surface area contributed by atoms with E-state index in [2.05, 4.69) is 17.2 Å². The second kappa shape index (κ2) is 6.76. The molecule has 0 saturated carbocycles. The quantitative estimate of drug-likeness (QED) is 0.828. The molecule has 0 spiro atoms. The summed E-state index contributed by atoms with van der Waals surface area (Å²) in [7, 11) is 0. The second-order valence-electron chi connectivity index (χ2n) is 4.84. The number of hydrogen-bond acceptors (Lipinski definition) is 2. The normalized spacial score (nSPS) is 11.8. The standard InChI is InChI=1S/C15H18F3N3/c1-2-7-19-10-14-20-8-9-21(14)11-12-3-5-13(6-4-12)15(16,17)18/h3-6,8-9,19H,2,7,10-11H2,1H3. The Morgan fingerprint density at radius 3 is 2.52 bits per heavy atom. The number of nitrogens with one attached hydrogen (secondary N) is 1. The van der Waals surface area contributed by atoms with Crippen LogP contribution in [0, 0.1) is 0 Å². The van der Waals surface area contributed by atoms with E-state index in [1.54, 1.807) is 6.20 Å². The molecule has 3 nitrogen and oxygen atoms in total. The maximum absolute atomic E-state index is 12.5. The molecular formula is C15H18F3N3. The Morgan fingerprint density at radius 2 is 1.90 bits per heavy atom. The Bertz CT molecular complexity index is 558. The van der Waals surface area contributed by atoms with Crippen LogP contribution in [0.4, 0.5) is 13.2 Å². The van der Waals surface area contributed by atoms with Gasteiger partial charge in [-0.05, 0) is 30.7 Å². The molecule has 1 N–H and O–H groups in total. The van der Waals surface area contributed by atoms with Crippen molar-refractivity contribution in [2.45, 2.75) is 32.6 Å². The predicted octanol–water partition coefficient (Wildman–Crippen LogP) is 3.45. The maximum atomic E-state index is 12.5. The monoisotopic (exact) mass is 297 g/mol. The Hall–Kier alpha value is -1.82. The first-order valence-corrected chi connectivity index (χ1v) is 6.87. The van der Waals surface area contributed by atoms with E-state index < -0.39 is 11.7 Å². The van der Waals surface area contributed by atoms with Gasteiger partial charge in [0.05, 0.1) is 12.1 Å². The highest BCUT2D eigenvalue weighted by atomic mass is 19.4. The SMILES string of the molecule is CCCNCc1nccn1Cc1ccc(C(F)(F)F)cc1. The van der Waals surface area contributed by atoms with Gasteiger partial charge in [0.1, 0.15) is 5.82 Å². The number of rotatable bonds is 6. The topological polar surface area (TPSA) is 29.9 Å². The third-order valence-corrected chi connectivity index (χ3v) is 3.15. The van der Waals surface area contributed by atoms with Crippen molar-refractivity contribution in [1.29, 1.82) is 0 Å². The molecule has 0 saturated heterocycles. The van der Waals surface area contributed by atoms with Crippen molar-refractivity contribution in [3.63, 3.8) is 0 Å². The Balaban J connectivity index is 2.03. The lowest BCUT2D eigenvalue weighted by molar-refractivity contribution is -0.137. The fourth-order valence-corrected chi connectivity index (χ4v) is 2.02. The third kappa shape index (κ3) is 4.32. The van der Waals surface area contributed by atoms with E-state index in [9.17, 15) is 13.2 Å². The molecular weight excluding hydrogens is 279 g/mol. The maximum Gasteiger partial charge on any atom is 0.416 e. The van der Waals surface area contributed by atoms with Crippen molar-refractivity contribution >= 4 is 0 Å². The fraction of sp³-hybridized carbons (Fsp3) is 0.400. The van der Waals surface area contributed by atoms with Crippen LogP contribution in [0.1, 0.15) is 30.3 Å². The van der Waals surface area contributed by atoms with Gasteiger partial charge in [-0.3, -0.25) is 0 Å². The molecule has 21 heavy (non-hydrogen) atoms. The molecule has 0 amide bonds. The number of alkyl halides is 3.